The summed E-state index contributed by atoms with van der Waals surface area (Å²) >= 11 is 6.03. The summed E-state index contributed by atoms with van der Waals surface area (Å²) in [5.41, 5.74) is 6.91. The Morgan fingerprint density at radius 2 is 2.25 bits per heavy atom. The predicted octanol–water partition coefficient (Wildman–Crippen LogP) is 2.58. The maximum Gasteiger partial charge on any atom is 0.122 e. The highest BCUT2D eigenvalue weighted by atomic mass is 35.5. The number of aryl methyl sites for hydroxylation is 1. The minimum Gasteiger partial charge on any atom is -0.493 e. The van der Waals surface area contributed by atoms with Crippen LogP contribution in [0.4, 0.5) is 0 Å². The van der Waals surface area contributed by atoms with Crippen molar-refractivity contribution < 1.29 is 4.74 Å². The van der Waals surface area contributed by atoms with E-state index in [2.05, 4.69) is 4.98 Å². The number of halogens is 1. The molecule has 20 heavy (non-hydrogen) atoms. The average molecular weight is 294 g/mol. The van der Waals surface area contributed by atoms with Gasteiger partial charge in [-0.15, -0.1) is 0 Å². The van der Waals surface area contributed by atoms with Crippen LogP contribution >= 0.6 is 11.6 Å². The van der Waals surface area contributed by atoms with Gasteiger partial charge in [-0.25, -0.2) is 4.98 Å². The predicted molar refractivity (Wildman–Crippen MR) is 81.2 cm³/mol. The highest BCUT2D eigenvalue weighted by Crippen LogP contribution is 2.24. The van der Waals surface area contributed by atoms with Gasteiger partial charge in [0.1, 0.15) is 11.6 Å². The van der Waals surface area contributed by atoms with Crippen LogP contribution in [0.5, 0.6) is 5.75 Å². The second-order valence-corrected chi connectivity index (χ2v) is 5.42. The Bertz CT molecular complexity index is 566. The molecular formula is C15H20ClN3O. The lowest BCUT2D eigenvalue weighted by Gasteiger charge is -2.13. The van der Waals surface area contributed by atoms with Crippen molar-refractivity contribution in [3.8, 4) is 5.75 Å². The first-order chi connectivity index (χ1) is 9.56. The fourth-order valence-corrected chi connectivity index (χ4v) is 2.28. The first-order valence-corrected chi connectivity index (χ1v) is 7.07. The molecule has 0 aliphatic heterocycles. The van der Waals surface area contributed by atoms with Crippen LogP contribution < -0.4 is 10.5 Å². The van der Waals surface area contributed by atoms with Gasteiger partial charge in [-0.3, -0.25) is 0 Å². The molecule has 4 nitrogen and oxygen atoms in total. The molecule has 0 aliphatic carbocycles. The maximum absolute atomic E-state index is 6.03. The Morgan fingerprint density at radius 1 is 1.45 bits per heavy atom. The standard InChI is InChI=1S/C15H20ClN3O/c1-11(17)9-12-10-13(16)3-4-14(12)20-8-5-15-18-6-7-19(15)2/h3-4,6-7,10-11H,5,8-9,17H2,1-2H3. The zero-order chi connectivity index (χ0) is 14.5. The molecule has 1 heterocycles. The summed E-state index contributed by atoms with van der Waals surface area (Å²) < 4.78 is 7.85. The number of imidazole rings is 1. The number of ether oxygens (including phenoxy) is 1. The van der Waals surface area contributed by atoms with E-state index in [9.17, 15) is 0 Å². The molecule has 5 heteroatoms. The summed E-state index contributed by atoms with van der Waals surface area (Å²) in [5.74, 6) is 1.86. The molecule has 0 spiro atoms. The van der Waals surface area contributed by atoms with Crippen molar-refractivity contribution in [3.05, 3.63) is 47.0 Å². The molecule has 1 aromatic heterocycles. The van der Waals surface area contributed by atoms with Crippen molar-refractivity contribution in [2.24, 2.45) is 12.8 Å². The second-order valence-electron chi connectivity index (χ2n) is 4.99. The lowest BCUT2D eigenvalue weighted by atomic mass is 10.1. The molecule has 0 amide bonds. The summed E-state index contributed by atoms with van der Waals surface area (Å²) in [7, 11) is 1.98. The van der Waals surface area contributed by atoms with Crippen molar-refractivity contribution in [1.29, 1.82) is 0 Å². The molecular weight excluding hydrogens is 274 g/mol. The van der Waals surface area contributed by atoms with Gasteiger partial charge in [-0.1, -0.05) is 11.6 Å². The maximum atomic E-state index is 6.03. The number of hydrogen-bond donors (Lipinski definition) is 1. The summed E-state index contributed by atoms with van der Waals surface area (Å²) in [5, 5.41) is 0.706. The van der Waals surface area contributed by atoms with Gasteiger partial charge >= 0.3 is 0 Å². The third-order valence-electron chi connectivity index (χ3n) is 3.07. The Balaban J connectivity index is 2.00. The lowest BCUT2D eigenvalue weighted by molar-refractivity contribution is 0.313. The van der Waals surface area contributed by atoms with Crippen LogP contribution in [0, 0.1) is 0 Å². The van der Waals surface area contributed by atoms with Gasteiger partial charge in [0.05, 0.1) is 6.61 Å². The van der Waals surface area contributed by atoms with Crippen LogP contribution in [0.1, 0.15) is 18.3 Å². The van der Waals surface area contributed by atoms with Gasteiger partial charge in [0.2, 0.25) is 0 Å². The molecule has 1 unspecified atom stereocenters. The van der Waals surface area contributed by atoms with Crippen LogP contribution in [-0.2, 0) is 19.9 Å². The third kappa shape index (κ3) is 3.99. The quantitative estimate of drug-likeness (QED) is 0.890. The van der Waals surface area contributed by atoms with Gasteiger partial charge in [0, 0.05) is 36.9 Å². The van der Waals surface area contributed by atoms with Gasteiger partial charge in [-0.05, 0) is 37.1 Å². The topological polar surface area (TPSA) is 53.1 Å². The smallest absolute Gasteiger partial charge is 0.122 e. The molecule has 0 radical (unpaired) electrons. The molecule has 0 bridgehead atoms. The van der Waals surface area contributed by atoms with E-state index in [1.165, 1.54) is 0 Å². The molecule has 108 valence electrons. The number of hydrogen-bond acceptors (Lipinski definition) is 3. The van der Waals surface area contributed by atoms with Crippen molar-refractivity contribution in [1.82, 2.24) is 9.55 Å². The zero-order valence-electron chi connectivity index (χ0n) is 11.8. The lowest BCUT2D eigenvalue weighted by Crippen LogP contribution is -2.18. The molecule has 0 fully saturated rings. The van der Waals surface area contributed by atoms with E-state index in [1.807, 2.05) is 42.9 Å². The third-order valence-corrected chi connectivity index (χ3v) is 3.30. The summed E-state index contributed by atoms with van der Waals surface area (Å²) in [6.07, 6.45) is 5.24. The van der Waals surface area contributed by atoms with Gasteiger partial charge < -0.3 is 15.0 Å². The molecule has 0 aliphatic rings. The summed E-state index contributed by atoms with van der Waals surface area (Å²) in [6, 6.07) is 5.73. The first-order valence-electron chi connectivity index (χ1n) is 6.69. The summed E-state index contributed by atoms with van der Waals surface area (Å²) in [6.45, 7) is 2.55. The van der Waals surface area contributed by atoms with Crippen LogP contribution in [0.2, 0.25) is 5.02 Å². The summed E-state index contributed by atoms with van der Waals surface area (Å²) in [4.78, 5) is 4.27. The van der Waals surface area contributed by atoms with E-state index in [-0.39, 0.29) is 6.04 Å². The van der Waals surface area contributed by atoms with E-state index < -0.39 is 0 Å². The molecule has 2 rings (SSSR count). The molecule has 0 saturated carbocycles. The fourth-order valence-electron chi connectivity index (χ4n) is 2.08. The van der Waals surface area contributed by atoms with Crippen LogP contribution in [0.15, 0.2) is 30.6 Å². The van der Waals surface area contributed by atoms with Gasteiger partial charge in [0.25, 0.3) is 0 Å². The molecule has 2 aromatic rings. The number of nitrogens with zero attached hydrogens (tertiary/aromatic N) is 2. The molecule has 1 atom stereocenters. The van der Waals surface area contributed by atoms with E-state index in [1.54, 1.807) is 6.20 Å². The van der Waals surface area contributed by atoms with Gasteiger partial charge in [-0.2, -0.15) is 0 Å². The fraction of sp³-hybridized carbons (Fsp3) is 0.400. The first kappa shape index (κ1) is 14.9. The molecule has 0 saturated heterocycles. The Morgan fingerprint density at radius 3 is 2.90 bits per heavy atom. The number of benzene rings is 1. The highest BCUT2D eigenvalue weighted by molar-refractivity contribution is 6.30. The van der Waals surface area contributed by atoms with Crippen molar-refractivity contribution in [2.45, 2.75) is 25.8 Å². The Hall–Kier alpha value is -1.52. The highest BCUT2D eigenvalue weighted by Gasteiger charge is 2.08. The number of nitrogens with two attached hydrogens (primary N) is 1. The minimum atomic E-state index is 0.0744. The van der Waals surface area contributed by atoms with E-state index >= 15 is 0 Å². The number of rotatable bonds is 6. The number of aromatic nitrogens is 2. The minimum absolute atomic E-state index is 0.0744. The SMILES string of the molecule is CC(N)Cc1cc(Cl)ccc1OCCc1nccn1C. The van der Waals surface area contributed by atoms with E-state index in [4.69, 9.17) is 22.1 Å². The van der Waals surface area contributed by atoms with Crippen molar-refractivity contribution >= 4 is 11.6 Å². The van der Waals surface area contributed by atoms with Crippen LogP contribution in [-0.4, -0.2) is 22.2 Å². The monoisotopic (exact) mass is 293 g/mol. The van der Waals surface area contributed by atoms with Gasteiger partial charge in [0.15, 0.2) is 0 Å². The molecule has 1 aromatic carbocycles. The van der Waals surface area contributed by atoms with Crippen LogP contribution in [0.3, 0.4) is 0 Å². The van der Waals surface area contributed by atoms with E-state index in [0.29, 0.717) is 11.6 Å². The molecule has 2 N–H and O–H groups in total. The zero-order valence-corrected chi connectivity index (χ0v) is 12.6. The largest absolute Gasteiger partial charge is 0.493 e. The normalized spacial score (nSPS) is 12.4. The van der Waals surface area contributed by atoms with E-state index in [0.717, 1.165) is 30.0 Å². The Labute approximate surface area is 124 Å². The van der Waals surface area contributed by atoms with Crippen molar-refractivity contribution in [2.75, 3.05) is 6.61 Å². The Kier molecular flexibility index (Phi) is 5.04. The average Bonchev–Trinajstić information content (AvgIpc) is 2.77. The van der Waals surface area contributed by atoms with Crippen LogP contribution in [0.25, 0.3) is 0 Å². The van der Waals surface area contributed by atoms with Crippen molar-refractivity contribution in [3.63, 3.8) is 0 Å². The second kappa shape index (κ2) is 6.77.